The average molecular weight is 259 g/mol. The van der Waals surface area contributed by atoms with Crippen molar-refractivity contribution in [3.63, 3.8) is 0 Å². The van der Waals surface area contributed by atoms with Crippen molar-refractivity contribution in [2.24, 2.45) is 0 Å². The molecule has 56 valence electrons. The van der Waals surface area contributed by atoms with E-state index in [0.29, 0.717) is 0 Å². The molecule has 0 amide bonds. The van der Waals surface area contributed by atoms with E-state index in [-0.39, 0.29) is 17.0 Å². The van der Waals surface area contributed by atoms with Crippen molar-refractivity contribution >= 4 is 32.9 Å². The number of rotatable bonds is 0. The summed E-state index contributed by atoms with van der Waals surface area (Å²) in [5.74, 6) is 0. The Labute approximate surface area is 75.7 Å². The summed E-state index contributed by atoms with van der Waals surface area (Å²) >= 11 is 3.59. The fourth-order valence-electron chi connectivity index (χ4n) is 0.977. The van der Waals surface area contributed by atoms with Crippen molar-refractivity contribution in [2.45, 2.75) is 17.7 Å². The van der Waals surface area contributed by atoms with Crippen LogP contribution in [0.4, 0.5) is 0 Å². The number of hydrogen-bond acceptors (Lipinski definition) is 1. The molecule has 0 aliphatic carbocycles. The van der Waals surface area contributed by atoms with Gasteiger partial charge in [-0.2, -0.15) is 0 Å². The highest BCUT2D eigenvalue weighted by molar-refractivity contribution is 9.09. The maximum atomic E-state index is 3.59. The van der Waals surface area contributed by atoms with Gasteiger partial charge in [0.15, 0.2) is 0 Å². The molecular weight excluding hydrogens is 246 g/mol. The van der Waals surface area contributed by atoms with E-state index >= 15 is 0 Å². The molecule has 0 saturated carbocycles. The molecule has 0 N–H and O–H groups in total. The maximum absolute atomic E-state index is 3.59. The summed E-state index contributed by atoms with van der Waals surface area (Å²) in [6.45, 7) is 2.52. The Kier molecular flexibility index (Phi) is 5.17. The van der Waals surface area contributed by atoms with Crippen molar-refractivity contribution in [1.29, 1.82) is 0 Å². The predicted octanol–water partition coefficient (Wildman–Crippen LogP) is 2.05. The van der Waals surface area contributed by atoms with Crippen LogP contribution < -0.4 is 0 Å². The normalized spacial score (nSPS) is 23.3. The van der Waals surface area contributed by atoms with Gasteiger partial charge in [-0.1, -0.05) is 15.9 Å². The van der Waals surface area contributed by atoms with Gasteiger partial charge in [0.05, 0.1) is 0 Å². The van der Waals surface area contributed by atoms with Crippen LogP contribution in [0.25, 0.3) is 0 Å². The highest BCUT2D eigenvalue weighted by Crippen LogP contribution is 2.15. The zero-order valence-corrected chi connectivity index (χ0v) is 8.94. The second-order valence-corrected chi connectivity index (χ2v) is 3.77. The first-order valence-corrected chi connectivity index (χ1v) is 4.03. The largest absolute Gasteiger partial charge is 0.306 e. The van der Waals surface area contributed by atoms with Gasteiger partial charge in [-0.15, -0.1) is 17.0 Å². The Bertz CT molecular complexity index is 59.5. The first-order chi connectivity index (χ1) is 3.79. The van der Waals surface area contributed by atoms with Crippen LogP contribution in [-0.2, 0) is 0 Å². The van der Waals surface area contributed by atoms with Crippen LogP contribution in [-0.4, -0.2) is 29.9 Å². The Hall–Kier alpha value is 0.920. The van der Waals surface area contributed by atoms with Gasteiger partial charge in [0.25, 0.3) is 0 Å². The van der Waals surface area contributed by atoms with Crippen molar-refractivity contribution < 1.29 is 0 Å². The quantitative estimate of drug-likeness (QED) is 0.602. The molecule has 1 aliphatic rings. The number of nitrogens with zero attached hydrogens (tertiary/aromatic N) is 1. The molecule has 1 fully saturated rings. The van der Waals surface area contributed by atoms with Gasteiger partial charge in [0, 0.05) is 4.83 Å². The van der Waals surface area contributed by atoms with Gasteiger partial charge >= 0.3 is 0 Å². The average Bonchev–Trinajstić information content (AvgIpc) is 1.77. The van der Waals surface area contributed by atoms with E-state index in [1.165, 1.54) is 25.9 Å². The van der Waals surface area contributed by atoms with Gasteiger partial charge < -0.3 is 4.90 Å². The van der Waals surface area contributed by atoms with Crippen LogP contribution in [0.2, 0.25) is 0 Å². The van der Waals surface area contributed by atoms with Gasteiger partial charge in [-0.05, 0) is 33.0 Å². The monoisotopic (exact) mass is 257 g/mol. The third-order valence-electron chi connectivity index (χ3n) is 1.65. The molecule has 1 nitrogen and oxygen atoms in total. The molecule has 0 unspecified atom stereocenters. The van der Waals surface area contributed by atoms with Crippen LogP contribution in [0.15, 0.2) is 0 Å². The predicted molar refractivity (Wildman–Crippen MR) is 49.8 cm³/mol. The first kappa shape index (κ1) is 9.92. The Morgan fingerprint density at radius 3 is 2.11 bits per heavy atom. The topological polar surface area (TPSA) is 3.24 Å². The molecule has 9 heavy (non-hydrogen) atoms. The molecule has 0 aromatic rings. The fourth-order valence-corrected chi connectivity index (χ4v) is 1.39. The highest BCUT2D eigenvalue weighted by Gasteiger charge is 2.12. The van der Waals surface area contributed by atoms with Crippen molar-refractivity contribution in [2.75, 3.05) is 20.1 Å². The third-order valence-corrected chi connectivity index (χ3v) is 2.56. The number of alkyl halides is 1. The van der Waals surface area contributed by atoms with Crippen LogP contribution in [0.3, 0.4) is 0 Å². The molecule has 0 atom stereocenters. The molecule has 3 heteroatoms. The molecule has 1 saturated heterocycles. The molecule has 0 bridgehead atoms. The molecule has 0 radical (unpaired) electrons. The number of halogens is 2. The minimum absolute atomic E-state index is 0. The summed E-state index contributed by atoms with van der Waals surface area (Å²) in [6.07, 6.45) is 2.63. The molecule has 1 aliphatic heterocycles. The molecule has 0 spiro atoms. The van der Waals surface area contributed by atoms with Gasteiger partial charge in [-0.25, -0.2) is 0 Å². The lowest BCUT2D eigenvalue weighted by Crippen LogP contribution is -2.30. The standard InChI is InChI=1S/C6H12BrN.BrH/c1-8-4-2-6(7)3-5-8;/h6H,2-5H2,1H3;1H. The molecular formula is C6H13Br2N. The number of piperidine rings is 1. The van der Waals surface area contributed by atoms with E-state index in [0.717, 1.165) is 4.83 Å². The van der Waals surface area contributed by atoms with E-state index < -0.39 is 0 Å². The van der Waals surface area contributed by atoms with Crippen molar-refractivity contribution in [3.8, 4) is 0 Å². The first-order valence-electron chi connectivity index (χ1n) is 3.11. The number of hydrogen-bond donors (Lipinski definition) is 0. The van der Waals surface area contributed by atoms with Crippen molar-refractivity contribution in [1.82, 2.24) is 4.90 Å². The molecule has 0 aromatic carbocycles. The van der Waals surface area contributed by atoms with Crippen LogP contribution in [0.1, 0.15) is 12.8 Å². The highest BCUT2D eigenvalue weighted by atomic mass is 79.9. The van der Waals surface area contributed by atoms with Gasteiger partial charge in [-0.3, -0.25) is 0 Å². The lowest BCUT2D eigenvalue weighted by atomic mass is 10.1. The van der Waals surface area contributed by atoms with E-state index in [1.807, 2.05) is 0 Å². The second-order valence-electron chi connectivity index (χ2n) is 2.48. The molecule has 1 rings (SSSR count). The molecule has 1 heterocycles. The Morgan fingerprint density at radius 2 is 1.78 bits per heavy atom. The second kappa shape index (κ2) is 4.69. The minimum atomic E-state index is 0. The summed E-state index contributed by atoms with van der Waals surface area (Å²) in [7, 11) is 2.18. The minimum Gasteiger partial charge on any atom is -0.306 e. The van der Waals surface area contributed by atoms with Gasteiger partial charge in [0.2, 0.25) is 0 Å². The summed E-state index contributed by atoms with van der Waals surface area (Å²) in [5, 5.41) is 0. The van der Waals surface area contributed by atoms with Crippen molar-refractivity contribution in [3.05, 3.63) is 0 Å². The lowest BCUT2D eigenvalue weighted by molar-refractivity contribution is 0.284. The summed E-state index contributed by atoms with van der Waals surface area (Å²) < 4.78 is 0. The SMILES string of the molecule is Br.CN1CCC(Br)CC1. The zero-order valence-electron chi connectivity index (χ0n) is 5.64. The summed E-state index contributed by atoms with van der Waals surface area (Å²) in [5.41, 5.74) is 0. The van der Waals surface area contributed by atoms with Crippen LogP contribution >= 0.6 is 32.9 Å². The summed E-state index contributed by atoms with van der Waals surface area (Å²) in [4.78, 5) is 3.16. The van der Waals surface area contributed by atoms with E-state index in [9.17, 15) is 0 Å². The number of likely N-dealkylation sites (tertiary alicyclic amines) is 1. The smallest absolute Gasteiger partial charge is 0.0170 e. The fraction of sp³-hybridized carbons (Fsp3) is 1.00. The van der Waals surface area contributed by atoms with Crippen LogP contribution in [0, 0.1) is 0 Å². The van der Waals surface area contributed by atoms with E-state index in [2.05, 4.69) is 27.9 Å². The maximum Gasteiger partial charge on any atom is 0.0170 e. The lowest BCUT2D eigenvalue weighted by Gasteiger charge is -2.24. The third kappa shape index (κ3) is 3.58. The van der Waals surface area contributed by atoms with E-state index in [4.69, 9.17) is 0 Å². The van der Waals surface area contributed by atoms with Gasteiger partial charge in [0.1, 0.15) is 0 Å². The van der Waals surface area contributed by atoms with E-state index in [1.54, 1.807) is 0 Å². The summed E-state index contributed by atoms with van der Waals surface area (Å²) in [6, 6.07) is 0. The Balaban J connectivity index is 0.000000640. The zero-order chi connectivity index (χ0) is 5.98. The van der Waals surface area contributed by atoms with Crippen LogP contribution in [0.5, 0.6) is 0 Å². The molecule has 0 aromatic heterocycles. The Morgan fingerprint density at radius 1 is 1.33 bits per heavy atom.